The van der Waals surface area contributed by atoms with E-state index in [9.17, 15) is 0 Å². The van der Waals surface area contributed by atoms with E-state index in [2.05, 4.69) is 12.1 Å². The van der Waals surface area contributed by atoms with Crippen molar-refractivity contribution in [3.63, 3.8) is 0 Å². The van der Waals surface area contributed by atoms with Crippen LogP contribution in [0, 0.1) is 6.92 Å². The zero-order valence-electron chi connectivity index (χ0n) is 13.2. The molecule has 0 amide bonds. The molecule has 0 radical (unpaired) electrons. The highest BCUT2D eigenvalue weighted by Gasteiger charge is 2.20. The van der Waals surface area contributed by atoms with Crippen molar-refractivity contribution in [3.8, 4) is 0 Å². The Morgan fingerprint density at radius 1 is 1.36 bits per heavy atom. The van der Waals surface area contributed by atoms with E-state index in [1.54, 1.807) is 0 Å². The Kier molecular flexibility index (Phi) is 6.65. The van der Waals surface area contributed by atoms with Crippen molar-refractivity contribution in [2.45, 2.75) is 46.0 Å². The van der Waals surface area contributed by atoms with Gasteiger partial charge in [0.2, 0.25) is 0 Å². The van der Waals surface area contributed by atoms with E-state index in [0.29, 0.717) is 23.3 Å². The number of unbranched alkanes of at least 4 members (excludes halogenated alkanes) is 3. The van der Waals surface area contributed by atoms with Crippen LogP contribution in [0.3, 0.4) is 0 Å². The van der Waals surface area contributed by atoms with Gasteiger partial charge in [-0.2, -0.15) is 0 Å². The van der Waals surface area contributed by atoms with E-state index in [0.717, 1.165) is 35.2 Å². The SMILES string of the molecule is CCCCCCOC(=S)c1ccc(C)c(C2=NOCC2)c1Cl. The maximum atomic E-state index is 6.55. The van der Waals surface area contributed by atoms with Crippen LogP contribution in [0.15, 0.2) is 17.3 Å². The minimum Gasteiger partial charge on any atom is -0.483 e. The zero-order chi connectivity index (χ0) is 15.9. The third-order valence-corrected chi connectivity index (χ3v) is 4.43. The summed E-state index contributed by atoms with van der Waals surface area (Å²) in [5.41, 5.74) is 3.65. The number of benzene rings is 1. The second kappa shape index (κ2) is 8.49. The summed E-state index contributed by atoms with van der Waals surface area (Å²) in [5.74, 6) is 0. The standard InChI is InChI=1S/C17H22ClNO2S/c1-3-4-5-6-10-20-17(22)13-8-7-12(2)15(16(13)18)14-9-11-21-19-14/h7-8H,3-6,9-11H2,1-2H3. The summed E-state index contributed by atoms with van der Waals surface area (Å²) in [6, 6.07) is 3.93. The summed E-state index contributed by atoms with van der Waals surface area (Å²) in [4.78, 5) is 5.09. The molecule has 1 aliphatic rings. The number of thiocarbonyl (C=S) groups is 1. The molecule has 0 bridgehead atoms. The van der Waals surface area contributed by atoms with Crippen molar-refractivity contribution in [2.75, 3.05) is 13.2 Å². The van der Waals surface area contributed by atoms with E-state index in [1.165, 1.54) is 19.3 Å². The third kappa shape index (κ3) is 4.20. The minimum atomic E-state index is 0.460. The van der Waals surface area contributed by atoms with Crippen molar-refractivity contribution in [1.82, 2.24) is 0 Å². The topological polar surface area (TPSA) is 30.8 Å². The summed E-state index contributed by atoms with van der Waals surface area (Å²) >= 11 is 11.9. The first-order valence-electron chi connectivity index (χ1n) is 7.80. The zero-order valence-corrected chi connectivity index (χ0v) is 14.7. The molecule has 0 atom stereocenters. The fraction of sp³-hybridized carbons (Fsp3) is 0.529. The Morgan fingerprint density at radius 3 is 2.86 bits per heavy atom. The monoisotopic (exact) mass is 339 g/mol. The van der Waals surface area contributed by atoms with Crippen molar-refractivity contribution >= 4 is 34.6 Å². The van der Waals surface area contributed by atoms with E-state index >= 15 is 0 Å². The van der Waals surface area contributed by atoms with Gasteiger partial charge in [-0.15, -0.1) is 0 Å². The lowest BCUT2D eigenvalue weighted by molar-refractivity contribution is 0.174. The molecule has 0 fully saturated rings. The average Bonchev–Trinajstić information content (AvgIpc) is 3.01. The van der Waals surface area contributed by atoms with Crippen LogP contribution in [-0.4, -0.2) is 24.0 Å². The van der Waals surface area contributed by atoms with Gasteiger partial charge in [-0.25, -0.2) is 0 Å². The molecular formula is C17H22ClNO2S. The number of halogens is 1. The first-order valence-corrected chi connectivity index (χ1v) is 8.59. The molecule has 1 heterocycles. The highest BCUT2D eigenvalue weighted by Crippen LogP contribution is 2.28. The van der Waals surface area contributed by atoms with Gasteiger partial charge in [0.25, 0.3) is 0 Å². The second-order valence-electron chi connectivity index (χ2n) is 5.44. The van der Waals surface area contributed by atoms with Crippen molar-refractivity contribution in [3.05, 3.63) is 33.8 Å². The molecule has 0 saturated carbocycles. The quantitative estimate of drug-likeness (QED) is 0.514. The van der Waals surface area contributed by atoms with Crippen molar-refractivity contribution in [1.29, 1.82) is 0 Å². The molecule has 1 aromatic carbocycles. The van der Waals surface area contributed by atoms with Gasteiger partial charge in [-0.1, -0.05) is 49.0 Å². The van der Waals surface area contributed by atoms with Gasteiger partial charge in [0.05, 0.1) is 17.3 Å². The number of hydrogen-bond acceptors (Lipinski definition) is 4. The maximum Gasteiger partial charge on any atom is 0.192 e. The third-order valence-electron chi connectivity index (χ3n) is 3.69. The second-order valence-corrected chi connectivity index (χ2v) is 6.19. The van der Waals surface area contributed by atoms with Crippen LogP contribution >= 0.6 is 23.8 Å². The van der Waals surface area contributed by atoms with E-state index in [1.807, 2.05) is 19.1 Å². The summed E-state index contributed by atoms with van der Waals surface area (Å²) in [7, 11) is 0. The number of ether oxygens (including phenoxy) is 1. The lowest BCUT2D eigenvalue weighted by Crippen LogP contribution is -2.10. The number of oxime groups is 1. The molecule has 3 nitrogen and oxygen atoms in total. The molecule has 120 valence electrons. The molecule has 0 saturated heterocycles. The molecule has 0 aromatic heterocycles. The number of hydrogen-bond donors (Lipinski definition) is 0. The highest BCUT2D eigenvalue weighted by atomic mass is 35.5. The first-order chi connectivity index (χ1) is 10.6. The molecule has 2 rings (SSSR count). The van der Waals surface area contributed by atoms with E-state index < -0.39 is 0 Å². The normalized spacial score (nSPS) is 13.7. The Labute approximate surface area is 142 Å². The van der Waals surface area contributed by atoms with Gasteiger partial charge in [0.15, 0.2) is 5.05 Å². The first kappa shape index (κ1) is 17.2. The summed E-state index contributed by atoms with van der Waals surface area (Å²) in [6.45, 7) is 5.45. The molecule has 0 N–H and O–H groups in total. The Hall–Kier alpha value is -1.13. The summed E-state index contributed by atoms with van der Waals surface area (Å²) in [5, 5.41) is 5.15. The van der Waals surface area contributed by atoms with E-state index in [4.69, 9.17) is 33.4 Å². The van der Waals surface area contributed by atoms with Crippen LogP contribution in [0.4, 0.5) is 0 Å². The summed E-state index contributed by atoms with van der Waals surface area (Å²) in [6.07, 6.45) is 5.40. The van der Waals surface area contributed by atoms with Crippen molar-refractivity contribution < 1.29 is 9.57 Å². The van der Waals surface area contributed by atoms with Gasteiger partial charge in [0, 0.05) is 17.5 Å². The predicted molar refractivity (Wildman–Crippen MR) is 95.1 cm³/mol. The molecular weight excluding hydrogens is 318 g/mol. The van der Waals surface area contributed by atoms with Crippen LogP contribution in [-0.2, 0) is 9.57 Å². The van der Waals surface area contributed by atoms with Crippen LogP contribution in [0.5, 0.6) is 0 Å². The fourth-order valence-corrected chi connectivity index (χ4v) is 3.15. The van der Waals surface area contributed by atoms with E-state index in [-0.39, 0.29) is 0 Å². The lowest BCUT2D eigenvalue weighted by Gasteiger charge is -2.13. The molecule has 0 spiro atoms. The van der Waals surface area contributed by atoms with Gasteiger partial charge < -0.3 is 9.57 Å². The Bertz CT molecular complexity index is 572. The highest BCUT2D eigenvalue weighted by molar-refractivity contribution is 7.80. The molecule has 5 heteroatoms. The summed E-state index contributed by atoms with van der Waals surface area (Å²) < 4.78 is 5.69. The molecule has 22 heavy (non-hydrogen) atoms. The Balaban J connectivity index is 2.08. The lowest BCUT2D eigenvalue weighted by atomic mass is 9.99. The average molecular weight is 340 g/mol. The number of rotatable bonds is 7. The molecule has 1 aromatic rings. The van der Waals surface area contributed by atoms with Crippen LogP contribution in [0.25, 0.3) is 0 Å². The maximum absolute atomic E-state index is 6.55. The predicted octanol–water partition coefficient (Wildman–Crippen LogP) is 5.05. The molecule has 0 aliphatic carbocycles. The van der Waals surface area contributed by atoms with Crippen LogP contribution < -0.4 is 0 Å². The smallest absolute Gasteiger partial charge is 0.192 e. The number of aryl methyl sites for hydroxylation is 1. The van der Waals surface area contributed by atoms with Gasteiger partial charge in [0.1, 0.15) is 6.61 Å². The fourth-order valence-electron chi connectivity index (χ4n) is 2.44. The van der Waals surface area contributed by atoms with Crippen molar-refractivity contribution in [2.24, 2.45) is 5.16 Å². The van der Waals surface area contributed by atoms with Gasteiger partial charge >= 0.3 is 0 Å². The minimum absolute atomic E-state index is 0.460. The van der Waals surface area contributed by atoms with Crippen LogP contribution in [0.2, 0.25) is 5.02 Å². The largest absolute Gasteiger partial charge is 0.483 e. The van der Waals surface area contributed by atoms with Gasteiger partial charge in [-0.3, -0.25) is 0 Å². The van der Waals surface area contributed by atoms with Crippen LogP contribution in [0.1, 0.15) is 55.7 Å². The Morgan fingerprint density at radius 2 is 2.18 bits per heavy atom. The molecule has 1 aliphatic heterocycles. The molecule has 0 unspecified atom stereocenters. The number of nitrogens with zero attached hydrogens (tertiary/aromatic N) is 1. The van der Waals surface area contributed by atoms with Gasteiger partial charge in [-0.05, 0) is 37.2 Å².